The second kappa shape index (κ2) is 7.86. The van der Waals surface area contributed by atoms with Gasteiger partial charge in [-0.3, -0.25) is 4.79 Å². The Labute approximate surface area is 120 Å². The summed E-state index contributed by atoms with van der Waals surface area (Å²) in [6, 6.07) is 4.36. The summed E-state index contributed by atoms with van der Waals surface area (Å²) in [5.74, 6) is -0.838. The summed E-state index contributed by atoms with van der Waals surface area (Å²) in [6.07, 6.45) is 1.22. The van der Waals surface area contributed by atoms with Crippen LogP contribution in [-0.2, 0) is 4.79 Å². The molecule has 0 aliphatic carbocycles. The van der Waals surface area contributed by atoms with Gasteiger partial charge >= 0.3 is 12.0 Å². The Hall–Kier alpha value is -1.46. The van der Waals surface area contributed by atoms with Gasteiger partial charge in [0.1, 0.15) is 0 Å². The third-order valence-electron chi connectivity index (χ3n) is 2.28. The predicted molar refractivity (Wildman–Crippen MR) is 75.0 cm³/mol. The van der Waals surface area contributed by atoms with Gasteiger partial charge in [-0.05, 0) is 31.0 Å². The van der Waals surface area contributed by atoms with Crippen LogP contribution in [0.3, 0.4) is 0 Å². The third-order valence-corrected chi connectivity index (χ3v) is 2.84. The molecule has 0 spiro atoms. The fourth-order valence-electron chi connectivity index (χ4n) is 1.36. The summed E-state index contributed by atoms with van der Waals surface area (Å²) in [5.41, 5.74) is 0.428. The van der Waals surface area contributed by atoms with Crippen molar-refractivity contribution < 1.29 is 14.7 Å². The highest BCUT2D eigenvalue weighted by Crippen LogP contribution is 2.25. The van der Waals surface area contributed by atoms with Crippen molar-refractivity contribution in [2.75, 3.05) is 11.9 Å². The van der Waals surface area contributed by atoms with Gasteiger partial charge in [0.25, 0.3) is 0 Å². The highest BCUT2D eigenvalue weighted by Gasteiger charge is 2.05. The van der Waals surface area contributed by atoms with E-state index < -0.39 is 12.0 Å². The van der Waals surface area contributed by atoms with Gasteiger partial charge in [0.05, 0.1) is 10.7 Å². The van der Waals surface area contributed by atoms with Crippen molar-refractivity contribution in [3.63, 3.8) is 0 Å². The van der Waals surface area contributed by atoms with Crippen molar-refractivity contribution in [3.8, 4) is 0 Å². The second-order valence-electron chi connectivity index (χ2n) is 3.86. The largest absolute Gasteiger partial charge is 0.481 e. The van der Waals surface area contributed by atoms with Crippen LogP contribution in [0.5, 0.6) is 0 Å². The molecule has 0 heterocycles. The van der Waals surface area contributed by atoms with E-state index in [9.17, 15) is 9.59 Å². The minimum Gasteiger partial charge on any atom is -0.481 e. The molecule has 0 atom stereocenters. The molecule has 104 valence electrons. The van der Waals surface area contributed by atoms with E-state index in [-0.39, 0.29) is 6.42 Å². The van der Waals surface area contributed by atoms with Gasteiger partial charge in [-0.1, -0.05) is 23.2 Å². The monoisotopic (exact) mass is 304 g/mol. The molecule has 0 aromatic heterocycles. The van der Waals surface area contributed by atoms with E-state index in [1.165, 1.54) is 0 Å². The average Bonchev–Trinajstić information content (AvgIpc) is 2.33. The first-order valence-corrected chi connectivity index (χ1v) is 6.46. The van der Waals surface area contributed by atoms with E-state index in [0.717, 1.165) is 0 Å². The minimum atomic E-state index is -0.838. The topological polar surface area (TPSA) is 78.4 Å². The molecule has 0 aliphatic heterocycles. The fraction of sp³-hybridized carbons (Fsp3) is 0.333. The Morgan fingerprint density at radius 1 is 1.21 bits per heavy atom. The number of rotatable bonds is 6. The molecule has 5 nitrogen and oxygen atoms in total. The molecule has 1 rings (SSSR count). The van der Waals surface area contributed by atoms with Gasteiger partial charge in [-0.25, -0.2) is 4.79 Å². The van der Waals surface area contributed by atoms with Crippen molar-refractivity contribution in [1.29, 1.82) is 0 Å². The van der Waals surface area contributed by atoms with E-state index in [1.807, 2.05) is 0 Å². The van der Waals surface area contributed by atoms with Crippen molar-refractivity contribution in [3.05, 3.63) is 28.2 Å². The van der Waals surface area contributed by atoms with Gasteiger partial charge in [0.15, 0.2) is 0 Å². The molecule has 7 heteroatoms. The Morgan fingerprint density at radius 3 is 2.63 bits per heavy atom. The smallest absolute Gasteiger partial charge is 0.319 e. The SMILES string of the molecule is O=C(O)CCCCNC(=O)Nc1cc(Cl)ccc1Cl. The van der Waals surface area contributed by atoms with Gasteiger partial charge in [-0.15, -0.1) is 0 Å². The van der Waals surface area contributed by atoms with Crippen LogP contribution >= 0.6 is 23.2 Å². The van der Waals surface area contributed by atoms with E-state index >= 15 is 0 Å². The number of hydrogen-bond acceptors (Lipinski definition) is 2. The van der Waals surface area contributed by atoms with Crippen LogP contribution in [0.4, 0.5) is 10.5 Å². The number of anilines is 1. The fourth-order valence-corrected chi connectivity index (χ4v) is 1.70. The number of benzene rings is 1. The number of aliphatic carboxylic acids is 1. The number of urea groups is 1. The van der Waals surface area contributed by atoms with Crippen LogP contribution in [0.25, 0.3) is 0 Å². The first-order chi connectivity index (χ1) is 8.99. The molecule has 3 N–H and O–H groups in total. The van der Waals surface area contributed by atoms with E-state index in [4.69, 9.17) is 28.3 Å². The number of nitrogens with one attached hydrogen (secondary N) is 2. The quantitative estimate of drug-likeness (QED) is 0.705. The minimum absolute atomic E-state index is 0.101. The van der Waals surface area contributed by atoms with Gasteiger partial charge < -0.3 is 15.7 Å². The first kappa shape index (κ1) is 15.6. The van der Waals surface area contributed by atoms with E-state index in [0.29, 0.717) is 35.1 Å². The Balaban J connectivity index is 2.31. The van der Waals surface area contributed by atoms with Crippen LogP contribution in [0.1, 0.15) is 19.3 Å². The van der Waals surface area contributed by atoms with Crippen LogP contribution < -0.4 is 10.6 Å². The molecule has 0 fully saturated rings. The summed E-state index contributed by atoms with van der Waals surface area (Å²) in [6.45, 7) is 0.400. The Morgan fingerprint density at radius 2 is 1.95 bits per heavy atom. The summed E-state index contributed by atoms with van der Waals surface area (Å²) >= 11 is 11.7. The van der Waals surface area contributed by atoms with Crippen LogP contribution in [0.2, 0.25) is 10.0 Å². The number of unbranched alkanes of at least 4 members (excludes halogenated alkanes) is 1. The number of amides is 2. The molecule has 1 aromatic rings. The lowest BCUT2D eigenvalue weighted by atomic mass is 10.2. The molecule has 0 saturated carbocycles. The number of hydrogen-bond donors (Lipinski definition) is 3. The molecule has 0 saturated heterocycles. The van der Waals surface area contributed by atoms with Crippen LogP contribution in [-0.4, -0.2) is 23.7 Å². The molecule has 0 bridgehead atoms. The maximum absolute atomic E-state index is 11.5. The average molecular weight is 305 g/mol. The molecule has 0 radical (unpaired) electrons. The van der Waals surface area contributed by atoms with Crippen molar-refractivity contribution in [1.82, 2.24) is 5.32 Å². The van der Waals surface area contributed by atoms with Crippen molar-refractivity contribution in [2.45, 2.75) is 19.3 Å². The number of carboxylic acids is 1. The zero-order valence-electron chi connectivity index (χ0n) is 10.1. The standard InChI is InChI=1S/C12H14Cl2N2O3/c13-8-4-5-9(14)10(7-8)16-12(19)15-6-2-1-3-11(17)18/h4-5,7H,1-3,6H2,(H,17,18)(H2,15,16,19). The summed E-state index contributed by atoms with van der Waals surface area (Å²) < 4.78 is 0. The lowest BCUT2D eigenvalue weighted by Gasteiger charge is -2.09. The van der Waals surface area contributed by atoms with Gasteiger partial charge in [0.2, 0.25) is 0 Å². The van der Waals surface area contributed by atoms with Gasteiger partial charge in [-0.2, -0.15) is 0 Å². The molecule has 2 amide bonds. The number of carbonyl (C=O) groups is 2. The van der Waals surface area contributed by atoms with Crippen LogP contribution in [0, 0.1) is 0 Å². The first-order valence-electron chi connectivity index (χ1n) is 5.70. The summed E-state index contributed by atoms with van der Waals surface area (Å²) in [4.78, 5) is 21.8. The predicted octanol–water partition coefficient (Wildman–Crippen LogP) is 3.37. The molecule has 19 heavy (non-hydrogen) atoms. The Kier molecular flexibility index (Phi) is 6.45. The molecular formula is C12H14Cl2N2O3. The second-order valence-corrected chi connectivity index (χ2v) is 4.70. The number of carbonyl (C=O) groups excluding carboxylic acids is 1. The summed E-state index contributed by atoms with van der Waals surface area (Å²) in [5, 5.41) is 14.5. The maximum Gasteiger partial charge on any atom is 0.319 e. The maximum atomic E-state index is 11.5. The third kappa shape index (κ3) is 6.31. The summed E-state index contributed by atoms with van der Waals surface area (Å²) in [7, 11) is 0. The molecule has 0 unspecified atom stereocenters. The highest BCUT2D eigenvalue weighted by molar-refractivity contribution is 6.35. The highest BCUT2D eigenvalue weighted by atomic mass is 35.5. The Bertz CT molecular complexity index is 466. The lowest BCUT2D eigenvalue weighted by molar-refractivity contribution is -0.137. The van der Waals surface area contributed by atoms with Crippen LogP contribution in [0.15, 0.2) is 18.2 Å². The number of halogens is 2. The van der Waals surface area contributed by atoms with Crippen molar-refractivity contribution in [2.24, 2.45) is 0 Å². The molecule has 0 aliphatic rings. The zero-order chi connectivity index (χ0) is 14.3. The van der Waals surface area contributed by atoms with Gasteiger partial charge in [0, 0.05) is 18.0 Å². The molecular weight excluding hydrogens is 291 g/mol. The van der Waals surface area contributed by atoms with E-state index in [1.54, 1.807) is 18.2 Å². The number of carboxylic acid groups (broad SMARTS) is 1. The normalized spacial score (nSPS) is 10.0. The van der Waals surface area contributed by atoms with E-state index in [2.05, 4.69) is 10.6 Å². The van der Waals surface area contributed by atoms with Crippen molar-refractivity contribution >= 4 is 40.9 Å². The molecule has 1 aromatic carbocycles. The lowest BCUT2D eigenvalue weighted by Crippen LogP contribution is -2.29. The zero-order valence-corrected chi connectivity index (χ0v) is 11.6.